The fourth-order valence-corrected chi connectivity index (χ4v) is 2.57. The van der Waals surface area contributed by atoms with Gasteiger partial charge < -0.3 is 5.11 Å². The summed E-state index contributed by atoms with van der Waals surface area (Å²) in [6.07, 6.45) is 4.30. The molecule has 0 aliphatic rings. The minimum Gasteiger partial charge on any atom is -0.481 e. The maximum Gasteiger partial charge on any atom is 0.303 e. The highest BCUT2D eigenvalue weighted by Crippen LogP contribution is 2.28. The Morgan fingerprint density at radius 1 is 1.45 bits per heavy atom. The molecule has 118 valence electrons. The van der Waals surface area contributed by atoms with Crippen molar-refractivity contribution in [1.29, 1.82) is 0 Å². The Hall–Kier alpha value is -2.21. The molecular formula is C16H20FN3O2. The fourth-order valence-electron chi connectivity index (χ4n) is 2.57. The number of carboxylic acids is 1. The first kappa shape index (κ1) is 16.2. The molecule has 5 nitrogen and oxygen atoms in total. The average Bonchev–Trinajstić information content (AvgIpc) is 2.85. The van der Waals surface area contributed by atoms with Gasteiger partial charge in [-0.25, -0.2) is 4.39 Å². The number of carbonyl (C=O) groups is 1. The van der Waals surface area contributed by atoms with Gasteiger partial charge in [-0.3, -0.25) is 14.4 Å². The summed E-state index contributed by atoms with van der Waals surface area (Å²) >= 11 is 0. The highest BCUT2D eigenvalue weighted by molar-refractivity contribution is 5.66. The third kappa shape index (κ3) is 4.14. The van der Waals surface area contributed by atoms with Crippen LogP contribution in [-0.4, -0.2) is 39.3 Å². The minimum atomic E-state index is -0.808. The van der Waals surface area contributed by atoms with E-state index in [1.807, 2.05) is 31.3 Å². The van der Waals surface area contributed by atoms with Gasteiger partial charge in [0, 0.05) is 25.2 Å². The van der Waals surface area contributed by atoms with Gasteiger partial charge in [0.1, 0.15) is 5.82 Å². The largest absolute Gasteiger partial charge is 0.481 e. The van der Waals surface area contributed by atoms with Crippen LogP contribution in [0.2, 0.25) is 0 Å². The average molecular weight is 305 g/mol. The predicted molar refractivity (Wildman–Crippen MR) is 81.0 cm³/mol. The van der Waals surface area contributed by atoms with E-state index in [0.717, 1.165) is 11.1 Å². The van der Waals surface area contributed by atoms with E-state index in [4.69, 9.17) is 5.11 Å². The second kappa shape index (κ2) is 7.17. The number of aryl methyl sites for hydroxylation is 1. The molecule has 0 aliphatic heterocycles. The van der Waals surface area contributed by atoms with Gasteiger partial charge in [-0.05, 0) is 37.7 Å². The van der Waals surface area contributed by atoms with Crippen LogP contribution in [0, 0.1) is 5.82 Å². The normalized spacial score (nSPS) is 12.5. The Morgan fingerprint density at radius 2 is 2.23 bits per heavy atom. The molecule has 0 spiro atoms. The summed E-state index contributed by atoms with van der Waals surface area (Å²) in [5.41, 5.74) is 1.77. The van der Waals surface area contributed by atoms with E-state index < -0.39 is 5.97 Å². The molecule has 0 bridgehead atoms. The zero-order chi connectivity index (χ0) is 16.1. The van der Waals surface area contributed by atoms with Crippen molar-refractivity contribution in [1.82, 2.24) is 14.7 Å². The summed E-state index contributed by atoms with van der Waals surface area (Å²) < 4.78 is 15.3. The number of aliphatic carboxylic acids is 1. The number of aromatic nitrogens is 2. The lowest BCUT2D eigenvalue weighted by atomic mass is 10.00. The van der Waals surface area contributed by atoms with Crippen LogP contribution in [-0.2, 0) is 11.8 Å². The number of halogens is 1. The molecule has 1 atom stereocenters. The Balaban J connectivity index is 2.23. The number of nitrogens with zero attached hydrogens (tertiary/aromatic N) is 3. The predicted octanol–water partition coefficient (Wildman–Crippen LogP) is 2.45. The van der Waals surface area contributed by atoms with Gasteiger partial charge in [-0.1, -0.05) is 12.1 Å². The summed E-state index contributed by atoms with van der Waals surface area (Å²) in [5, 5.41) is 12.9. The van der Waals surface area contributed by atoms with Crippen LogP contribution in [0.1, 0.15) is 30.0 Å². The van der Waals surface area contributed by atoms with E-state index in [1.165, 1.54) is 12.1 Å². The van der Waals surface area contributed by atoms with Crippen molar-refractivity contribution in [3.05, 3.63) is 53.6 Å². The first-order valence-corrected chi connectivity index (χ1v) is 7.13. The summed E-state index contributed by atoms with van der Waals surface area (Å²) in [4.78, 5) is 12.7. The third-order valence-corrected chi connectivity index (χ3v) is 3.55. The van der Waals surface area contributed by atoms with E-state index in [9.17, 15) is 9.18 Å². The van der Waals surface area contributed by atoms with Crippen molar-refractivity contribution in [3.8, 4) is 0 Å². The summed E-state index contributed by atoms with van der Waals surface area (Å²) in [6.45, 7) is 0.600. The standard InChI is InChI=1S/C16H20FN3O2/c1-19(8-4-7-15(21)22)16(13-10-18-20(2)11-13)12-5-3-6-14(17)9-12/h3,5-6,9-11,16H,4,7-8H2,1-2H3,(H,21,22). The molecule has 0 radical (unpaired) electrons. The summed E-state index contributed by atoms with van der Waals surface area (Å²) in [7, 11) is 3.74. The topological polar surface area (TPSA) is 58.4 Å². The zero-order valence-electron chi connectivity index (χ0n) is 12.7. The molecule has 1 N–H and O–H groups in total. The zero-order valence-corrected chi connectivity index (χ0v) is 12.7. The lowest BCUT2D eigenvalue weighted by Crippen LogP contribution is -2.27. The van der Waals surface area contributed by atoms with Gasteiger partial charge in [0.05, 0.1) is 12.2 Å². The Labute approximate surface area is 129 Å². The number of benzene rings is 1. The second-order valence-corrected chi connectivity index (χ2v) is 5.38. The van der Waals surface area contributed by atoms with E-state index in [1.54, 1.807) is 16.9 Å². The Morgan fingerprint density at radius 3 is 2.82 bits per heavy atom. The highest BCUT2D eigenvalue weighted by Gasteiger charge is 2.21. The first-order valence-electron chi connectivity index (χ1n) is 7.13. The Kier molecular flexibility index (Phi) is 5.27. The molecule has 6 heteroatoms. The molecule has 1 unspecified atom stereocenters. The van der Waals surface area contributed by atoms with E-state index in [0.29, 0.717) is 13.0 Å². The number of rotatable bonds is 7. The van der Waals surface area contributed by atoms with Crippen LogP contribution in [0.4, 0.5) is 4.39 Å². The molecular weight excluding hydrogens is 285 g/mol. The third-order valence-electron chi connectivity index (χ3n) is 3.55. The van der Waals surface area contributed by atoms with E-state index >= 15 is 0 Å². The van der Waals surface area contributed by atoms with Crippen LogP contribution in [0.3, 0.4) is 0 Å². The molecule has 0 saturated heterocycles. The number of hydrogen-bond acceptors (Lipinski definition) is 3. The first-order chi connectivity index (χ1) is 10.5. The van der Waals surface area contributed by atoms with Crippen molar-refractivity contribution in [2.24, 2.45) is 7.05 Å². The minimum absolute atomic E-state index is 0.118. The van der Waals surface area contributed by atoms with Gasteiger partial charge in [-0.15, -0.1) is 0 Å². The van der Waals surface area contributed by atoms with Crippen molar-refractivity contribution < 1.29 is 14.3 Å². The maximum atomic E-state index is 13.6. The van der Waals surface area contributed by atoms with E-state index in [-0.39, 0.29) is 18.3 Å². The van der Waals surface area contributed by atoms with Crippen molar-refractivity contribution in [2.75, 3.05) is 13.6 Å². The van der Waals surface area contributed by atoms with Gasteiger partial charge in [-0.2, -0.15) is 5.10 Å². The highest BCUT2D eigenvalue weighted by atomic mass is 19.1. The molecule has 1 aromatic heterocycles. The second-order valence-electron chi connectivity index (χ2n) is 5.38. The Bertz CT molecular complexity index is 642. The fraction of sp³-hybridized carbons (Fsp3) is 0.375. The molecule has 22 heavy (non-hydrogen) atoms. The molecule has 0 saturated carbocycles. The van der Waals surface area contributed by atoms with Gasteiger partial charge in [0.2, 0.25) is 0 Å². The molecule has 2 aromatic rings. The SMILES string of the molecule is CN(CCCC(=O)O)C(c1cccc(F)c1)c1cnn(C)c1. The maximum absolute atomic E-state index is 13.6. The molecule has 1 aromatic carbocycles. The molecule has 2 rings (SSSR count). The van der Waals surface area contributed by atoms with Crippen molar-refractivity contribution >= 4 is 5.97 Å². The quantitative estimate of drug-likeness (QED) is 0.853. The van der Waals surface area contributed by atoms with Gasteiger partial charge in [0.15, 0.2) is 0 Å². The van der Waals surface area contributed by atoms with E-state index in [2.05, 4.69) is 5.10 Å². The smallest absolute Gasteiger partial charge is 0.303 e. The van der Waals surface area contributed by atoms with Crippen LogP contribution < -0.4 is 0 Å². The monoisotopic (exact) mass is 305 g/mol. The van der Waals surface area contributed by atoms with Crippen LogP contribution >= 0.6 is 0 Å². The van der Waals surface area contributed by atoms with Gasteiger partial charge >= 0.3 is 5.97 Å². The summed E-state index contributed by atoms with van der Waals surface area (Å²) in [5.74, 6) is -1.09. The molecule has 0 aliphatic carbocycles. The molecule has 0 amide bonds. The van der Waals surface area contributed by atoms with Crippen LogP contribution in [0.15, 0.2) is 36.7 Å². The van der Waals surface area contributed by atoms with Gasteiger partial charge in [0.25, 0.3) is 0 Å². The lowest BCUT2D eigenvalue weighted by Gasteiger charge is -2.27. The number of carboxylic acid groups (broad SMARTS) is 1. The molecule has 1 heterocycles. The lowest BCUT2D eigenvalue weighted by molar-refractivity contribution is -0.137. The molecule has 0 fully saturated rings. The van der Waals surface area contributed by atoms with Crippen LogP contribution in [0.25, 0.3) is 0 Å². The summed E-state index contributed by atoms with van der Waals surface area (Å²) in [6, 6.07) is 6.31. The van der Waals surface area contributed by atoms with Crippen LogP contribution in [0.5, 0.6) is 0 Å². The van der Waals surface area contributed by atoms with Crippen molar-refractivity contribution in [3.63, 3.8) is 0 Å². The number of hydrogen-bond donors (Lipinski definition) is 1. The van der Waals surface area contributed by atoms with Crippen molar-refractivity contribution in [2.45, 2.75) is 18.9 Å².